The zero-order valence-corrected chi connectivity index (χ0v) is 11.6. The summed E-state index contributed by atoms with van der Waals surface area (Å²) in [5, 5.41) is 3.14. The van der Waals surface area contributed by atoms with Crippen molar-refractivity contribution in [2.45, 2.75) is 26.4 Å². The number of hydrogen-bond donors (Lipinski definition) is 1. The van der Waals surface area contributed by atoms with Crippen LogP contribution in [-0.2, 0) is 13.1 Å². The van der Waals surface area contributed by atoms with Gasteiger partial charge in [0.15, 0.2) is 0 Å². The predicted octanol–water partition coefficient (Wildman–Crippen LogP) is 1.53. The molecule has 1 fully saturated rings. The summed E-state index contributed by atoms with van der Waals surface area (Å²) >= 11 is 0. The van der Waals surface area contributed by atoms with Gasteiger partial charge < -0.3 is 14.6 Å². The lowest BCUT2D eigenvalue weighted by Gasteiger charge is -2.33. The molecule has 0 radical (unpaired) electrons. The molecule has 1 aliphatic rings. The van der Waals surface area contributed by atoms with E-state index in [0.717, 1.165) is 31.9 Å². The number of piperazine rings is 1. The molecule has 1 N–H and O–H groups in total. The number of furan rings is 1. The van der Waals surface area contributed by atoms with Crippen LogP contribution >= 0.6 is 0 Å². The van der Waals surface area contributed by atoms with Crippen molar-refractivity contribution in [1.82, 2.24) is 15.1 Å². The van der Waals surface area contributed by atoms with E-state index in [9.17, 15) is 0 Å². The largest absolute Gasteiger partial charge is 0.468 e. The maximum atomic E-state index is 5.60. The van der Waals surface area contributed by atoms with Crippen LogP contribution in [0.15, 0.2) is 16.7 Å². The topological polar surface area (TPSA) is 31.6 Å². The Balaban J connectivity index is 1.76. The van der Waals surface area contributed by atoms with E-state index in [0.29, 0.717) is 0 Å². The lowest BCUT2D eigenvalue weighted by atomic mass is 10.2. The molecule has 0 amide bonds. The molecule has 0 aliphatic carbocycles. The molecule has 1 saturated heterocycles. The maximum Gasteiger partial charge on any atom is 0.118 e. The van der Waals surface area contributed by atoms with Crippen molar-refractivity contribution in [3.05, 3.63) is 23.7 Å². The van der Waals surface area contributed by atoms with Crippen LogP contribution in [0.3, 0.4) is 0 Å². The Morgan fingerprint density at radius 3 is 2.61 bits per heavy atom. The number of nitrogens with one attached hydrogen (secondary N) is 1. The summed E-state index contributed by atoms with van der Waals surface area (Å²) in [6, 6.07) is 2.16. The summed E-state index contributed by atoms with van der Waals surface area (Å²) in [7, 11) is 1.96. The third-order valence-corrected chi connectivity index (χ3v) is 3.47. The Morgan fingerprint density at radius 1 is 1.22 bits per heavy atom. The molecule has 4 heteroatoms. The zero-order chi connectivity index (χ0) is 12.8. The summed E-state index contributed by atoms with van der Waals surface area (Å²) in [4.78, 5) is 5.03. The molecule has 1 aromatic rings. The van der Waals surface area contributed by atoms with Crippen molar-refractivity contribution in [3.63, 3.8) is 0 Å². The van der Waals surface area contributed by atoms with Crippen LogP contribution in [0, 0.1) is 0 Å². The Kier molecular flexibility index (Phi) is 5.23. The van der Waals surface area contributed by atoms with Crippen LogP contribution in [-0.4, -0.2) is 49.6 Å². The first-order valence-corrected chi connectivity index (χ1v) is 6.97. The van der Waals surface area contributed by atoms with Gasteiger partial charge in [-0.2, -0.15) is 0 Å². The molecule has 18 heavy (non-hydrogen) atoms. The molecule has 2 rings (SSSR count). The Morgan fingerprint density at radius 2 is 1.94 bits per heavy atom. The van der Waals surface area contributed by atoms with Gasteiger partial charge in [-0.05, 0) is 26.1 Å². The van der Waals surface area contributed by atoms with Gasteiger partial charge >= 0.3 is 0 Å². The van der Waals surface area contributed by atoms with E-state index in [4.69, 9.17) is 4.42 Å². The minimum atomic E-state index is 0.883. The first kappa shape index (κ1) is 13.6. The molecule has 0 unspecified atom stereocenters. The molecule has 1 aromatic heterocycles. The molecule has 0 aromatic carbocycles. The second-order valence-electron chi connectivity index (χ2n) is 5.07. The van der Waals surface area contributed by atoms with Gasteiger partial charge in [-0.1, -0.05) is 6.92 Å². The molecule has 2 heterocycles. The lowest BCUT2D eigenvalue weighted by Crippen LogP contribution is -2.45. The Bertz CT molecular complexity index is 343. The van der Waals surface area contributed by atoms with E-state index in [-0.39, 0.29) is 0 Å². The minimum Gasteiger partial charge on any atom is -0.468 e. The number of nitrogens with zero attached hydrogens (tertiary/aromatic N) is 2. The van der Waals surface area contributed by atoms with E-state index < -0.39 is 0 Å². The average Bonchev–Trinajstić information content (AvgIpc) is 2.80. The van der Waals surface area contributed by atoms with E-state index in [2.05, 4.69) is 28.1 Å². The molecule has 0 spiro atoms. The molecule has 0 bridgehead atoms. The van der Waals surface area contributed by atoms with Gasteiger partial charge in [0.25, 0.3) is 0 Å². The molecular formula is C14H25N3O. The van der Waals surface area contributed by atoms with Crippen molar-refractivity contribution < 1.29 is 4.42 Å². The van der Waals surface area contributed by atoms with Gasteiger partial charge in [-0.3, -0.25) is 4.90 Å². The minimum absolute atomic E-state index is 0.883. The third kappa shape index (κ3) is 3.83. The summed E-state index contributed by atoms with van der Waals surface area (Å²) in [5.41, 5.74) is 1.23. The molecule has 102 valence electrons. The van der Waals surface area contributed by atoms with Crippen LogP contribution < -0.4 is 5.32 Å². The number of hydrogen-bond acceptors (Lipinski definition) is 4. The Hall–Kier alpha value is -0.840. The summed E-state index contributed by atoms with van der Waals surface area (Å²) in [6.07, 6.45) is 3.12. The molecule has 0 atom stereocenters. The van der Waals surface area contributed by atoms with Crippen LogP contribution in [0.4, 0.5) is 0 Å². The van der Waals surface area contributed by atoms with Crippen molar-refractivity contribution in [3.8, 4) is 0 Å². The highest BCUT2D eigenvalue weighted by Crippen LogP contribution is 2.12. The fourth-order valence-electron chi connectivity index (χ4n) is 2.51. The van der Waals surface area contributed by atoms with Crippen LogP contribution in [0.5, 0.6) is 0 Å². The highest BCUT2D eigenvalue weighted by molar-refractivity contribution is 5.12. The molecule has 4 nitrogen and oxygen atoms in total. The smallest absolute Gasteiger partial charge is 0.118 e. The SMILES string of the molecule is CCCN1CCN(Cc2cc(CNC)co2)CC1. The molecule has 1 aliphatic heterocycles. The fraction of sp³-hybridized carbons (Fsp3) is 0.714. The fourth-order valence-corrected chi connectivity index (χ4v) is 2.51. The van der Waals surface area contributed by atoms with Gasteiger partial charge in [-0.25, -0.2) is 0 Å². The first-order chi connectivity index (χ1) is 8.81. The number of rotatable bonds is 6. The molecular weight excluding hydrogens is 226 g/mol. The van der Waals surface area contributed by atoms with E-state index in [1.54, 1.807) is 0 Å². The van der Waals surface area contributed by atoms with E-state index >= 15 is 0 Å². The van der Waals surface area contributed by atoms with Gasteiger partial charge in [0.05, 0.1) is 12.8 Å². The van der Waals surface area contributed by atoms with Crippen molar-refractivity contribution in [2.24, 2.45) is 0 Å². The first-order valence-electron chi connectivity index (χ1n) is 6.97. The van der Waals surface area contributed by atoms with Crippen molar-refractivity contribution in [1.29, 1.82) is 0 Å². The molecule has 0 saturated carbocycles. The van der Waals surface area contributed by atoms with Crippen molar-refractivity contribution >= 4 is 0 Å². The van der Waals surface area contributed by atoms with Gasteiger partial charge in [-0.15, -0.1) is 0 Å². The second kappa shape index (κ2) is 6.92. The highest BCUT2D eigenvalue weighted by atomic mass is 16.3. The quantitative estimate of drug-likeness (QED) is 0.831. The van der Waals surface area contributed by atoms with E-state index in [1.165, 1.54) is 31.6 Å². The van der Waals surface area contributed by atoms with E-state index in [1.807, 2.05) is 13.3 Å². The summed E-state index contributed by atoms with van der Waals surface area (Å²) in [6.45, 7) is 10.0. The second-order valence-corrected chi connectivity index (χ2v) is 5.07. The van der Waals surface area contributed by atoms with Crippen LogP contribution in [0.25, 0.3) is 0 Å². The zero-order valence-electron chi connectivity index (χ0n) is 11.6. The third-order valence-electron chi connectivity index (χ3n) is 3.47. The average molecular weight is 251 g/mol. The summed E-state index contributed by atoms with van der Waals surface area (Å²) in [5.74, 6) is 1.09. The highest BCUT2D eigenvalue weighted by Gasteiger charge is 2.17. The van der Waals surface area contributed by atoms with Gasteiger partial charge in [0, 0.05) is 38.3 Å². The summed E-state index contributed by atoms with van der Waals surface area (Å²) < 4.78 is 5.60. The predicted molar refractivity (Wildman–Crippen MR) is 73.5 cm³/mol. The normalized spacial score (nSPS) is 18.3. The van der Waals surface area contributed by atoms with Crippen molar-refractivity contribution in [2.75, 3.05) is 39.8 Å². The standard InChI is InChI=1S/C14H25N3O/c1-3-4-16-5-7-17(8-6-16)11-14-9-13(10-15-2)12-18-14/h9,12,15H,3-8,10-11H2,1-2H3. The van der Waals surface area contributed by atoms with Crippen LogP contribution in [0.1, 0.15) is 24.7 Å². The maximum absolute atomic E-state index is 5.60. The lowest BCUT2D eigenvalue weighted by molar-refractivity contribution is 0.121. The Labute approximate surface area is 110 Å². The van der Waals surface area contributed by atoms with Gasteiger partial charge in [0.1, 0.15) is 5.76 Å². The monoisotopic (exact) mass is 251 g/mol. The van der Waals surface area contributed by atoms with Crippen LogP contribution in [0.2, 0.25) is 0 Å². The van der Waals surface area contributed by atoms with Gasteiger partial charge in [0.2, 0.25) is 0 Å².